The van der Waals surface area contributed by atoms with E-state index in [1.54, 1.807) is 0 Å². The molecule has 1 fully saturated rings. The van der Waals surface area contributed by atoms with Gasteiger partial charge in [-0.05, 0) is 0 Å². The Balaban J connectivity index is 2.77. The number of hydrogen-bond acceptors (Lipinski definition) is 4. The minimum atomic E-state index is -0.845. The second kappa shape index (κ2) is 1.78. The molecule has 50 valence electrons. The standard InChI is InChI=1S/C4H6N2O3/c5-2-1-3(7)6(9)4(2)8/h2,9H,1,5H2/t2-/m0/s1. The van der Waals surface area contributed by atoms with Gasteiger partial charge in [0, 0.05) is 0 Å². The summed E-state index contributed by atoms with van der Waals surface area (Å²) in [4.78, 5) is 20.8. The molecule has 1 aliphatic rings. The van der Waals surface area contributed by atoms with Crippen LogP contribution in [-0.4, -0.2) is 28.1 Å². The third kappa shape index (κ3) is 0.797. The minimum Gasteiger partial charge on any atom is -0.319 e. The first-order valence-electron chi connectivity index (χ1n) is 2.44. The predicted octanol–water partition coefficient (Wildman–Crippen LogP) is -1.54. The van der Waals surface area contributed by atoms with E-state index in [-0.39, 0.29) is 11.5 Å². The molecule has 0 bridgehead atoms. The van der Waals surface area contributed by atoms with Gasteiger partial charge in [-0.1, -0.05) is 0 Å². The quantitative estimate of drug-likeness (QED) is 0.307. The van der Waals surface area contributed by atoms with Gasteiger partial charge in [0.05, 0.1) is 12.5 Å². The van der Waals surface area contributed by atoms with Crippen molar-refractivity contribution in [1.29, 1.82) is 0 Å². The average molecular weight is 130 g/mol. The van der Waals surface area contributed by atoms with Crippen LogP contribution in [0.5, 0.6) is 0 Å². The Morgan fingerprint density at radius 1 is 1.67 bits per heavy atom. The summed E-state index contributed by atoms with van der Waals surface area (Å²) in [7, 11) is 0. The highest BCUT2D eigenvalue weighted by Crippen LogP contribution is 2.06. The van der Waals surface area contributed by atoms with Crippen molar-refractivity contribution >= 4 is 11.8 Å². The van der Waals surface area contributed by atoms with Crippen LogP contribution in [0.2, 0.25) is 0 Å². The Morgan fingerprint density at radius 3 is 2.33 bits per heavy atom. The number of carbonyl (C=O) groups is 2. The highest BCUT2D eigenvalue weighted by molar-refractivity contribution is 6.03. The van der Waals surface area contributed by atoms with Crippen molar-refractivity contribution in [3.05, 3.63) is 0 Å². The fourth-order valence-electron chi connectivity index (χ4n) is 0.642. The van der Waals surface area contributed by atoms with Crippen LogP contribution in [0.15, 0.2) is 0 Å². The van der Waals surface area contributed by atoms with Crippen LogP contribution in [0.3, 0.4) is 0 Å². The van der Waals surface area contributed by atoms with Gasteiger partial charge in [0.25, 0.3) is 11.8 Å². The molecule has 1 aliphatic heterocycles. The normalized spacial score (nSPS) is 27.8. The molecule has 1 heterocycles. The van der Waals surface area contributed by atoms with Gasteiger partial charge in [-0.25, -0.2) is 0 Å². The lowest BCUT2D eigenvalue weighted by molar-refractivity contribution is -0.171. The van der Waals surface area contributed by atoms with Crippen LogP contribution in [0.1, 0.15) is 6.42 Å². The lowest BCUT2D eigenvalue weighted by atomic mass is 10.3. The molecule has 0 saturated carbocycles. The average Bonchev–Trinajstić information content (AvgIpc) is 1.98. The first-order valence-corrected chi connectivity index (χ1v) is 2.44. The molecule has 0 aromatic rings. The van der Waals surface area contributed by atoms with Crippen LogP contribution in [0, 0.1) is 0 Å². The Bertz CT molecular complexity index is 167. The van der Waals surface area contributed by atoms with Crippen LogP contribution >= 0.6 is 0 Å². The van der Waals surface area contributed by atoms with Crippen molar-refractivity contribution in [3.8, 4) is 0 Å². The highest BCUT2D eigenvalue weighted by Gasteiger charge is 2.35. The van der Waals surface area contributed by atoms with E-state index in [4.69, 9.17) is 10.9 Å². The van der Waals surface area contributed by atoms with Gasteiger partial charge < -0.3 is 5.73 Å². The summed E-state index contributed by atoms with van der Waals surface area (Å²) in [6.07, 6.45) is -0.0880. The summed E-state index contributed by atoms with van der Waals surface area (Å²) in [5, 5.41) is 8.55. The maximum atomic E-state index is 10.4. The minimum absolute atomic E-state index is 0.0602. The summed E-state index contributed by atoms with van der Waals surface area (Å²) in [6.45, 7) is 0. The summed E-state index contributed by atoms with van der Waals surface area (Å²) in [5.41, 5.74) is 5.09. The lowest BCUT2D eigenvalue weighted by Crippen LogP contribution is -2.32. The number of amides is 2. The van der Waals surface area contributed by atoms with E-state index < -0.39 is 17.9 Å². The van der Waals surface area contributed by atoms with Gasteiger partial charge in [0.15, 0.2) is 0 Å². The Labute approximate surface area is 51.0 Å². The predicted molar refractivity (Wildman–Crippen MR) is 26.2 cm³/mol. The molecular formula is C4H6N2O3. The topological polar surface area (TPSA) is 83.6 Å². The largest absolute Gasteiger partial charge is 0.319 e. The Hall–Kier alpha value is -0.940. The van der Waals surface area contributed by atoms with Crippen LogP contribution in [-0.2, 0) is 9.59 Å². The molecule has 0 spiro atoms. The zero-order valence-electron chi connectivity index (χ0n) is 4.57. The second-order valence-electron chi connectivity index (χ2n) is 1.85. The maximum Gasteiger partial charge on any atom is 0.270 e. The molecule has 0 radical (unpaired) electrons. The smallest absolute Gasteiger partial charge is 0.270 e. The van der Waals surface area contributed by atoms with E-state index in [1.165, 1.54) is 0 Å². The molecule has 1 saturated heterocycles. The molecule has 9 heavy (non-hydrogen) atoms. The van der Waals surface area contributed by atoms with Crippen LogP contribution < -0.4 is 5.73 Å². The zero-order chi connectivity index (χ0) is 7.02. The number of nitrogens with zero attached hydrogens (tertiary/aromatic N) is 1. The van der Waals surface area contributed by atoms with Crippen molar-refractivity contribution in [2.24, 2.45) is 5.73 Å². The summed E-state index contributed by atoms with van der Waals surface area (Å²) >= 11 is 0. The highest BCUT2D eigenvalue weighted by atomic mass is 16.5. The summed E-state index contributed by atoms with van der Waals surface area (Å²) in [6, 6.07) is -0.845. The number of imide groups is 1. The summed E-state index contributed by atoms with van der Waals surface area (Å²) < 4.78 is 0. The molecule has 5 heteroatoms. The van der Waals surface area contributed by atoms with Crippen LogP contribution in [0.25, 0.3) is 0 Å². The van der Waals surface area contributed by atoms with E-state index in [2.05, 4.69) is 0 Å². The van der Waals surface area contributed by atoms with Gasteiger partial charge in [-0.15, -0.1) is 0 Å². The van der Waals surface area contributed by atoms with E-state index in [0.29, 0.717) is 0 Å². The van der Waals surface area contributed by atoms with E-state index in [1.807, 2.05) is 0 Å². The Morgan fingerprint density at radius 2 is 2.22 bits per heavy atom. The van der Waals surface area contributed by atoms with Crippen molar-refractivity contribution < 1.29 is 14.8 Å². The third-order valence-corrected chi connectivity index (χ3v) is 1.16. The van der Waals surface area contributed by atoms with Crippen molar-refractivity contribution in [2.45, 2.75) is 12.5 Å². The Kier molecular flexibility index (Phi) is 1.22. The molecule has 3 N–H and O–H groups in total. The van der Waals surface area contributed by atoms with Crippen molar-refractivity contribution in [3.63, 3.8) is 0 Å². The van der Waals surface area contributed by atoms with Gasteiger partial charge in [0.1, 0.15) is 0 Å². The molecule has 1 rings (SSSR count). The van der Waals surface area contributed by atoms with Gasteiger partial charge in [-0.2, -0.15) is 5.06 Å². The maximum absolute atomic E-state index is 10.4. The molecule has 0 aromatic heterocycles. The first-order chi connectivity index (χ1) is 4.13. The number of hydroxylamine groups is 2. The van der Waals surface area contributed by atoms with Gasteiger partial charge in [0.2, 0.25) is 0 Å². The van der Waals surface area contributed by atoms with Crippen molar-refractivity contribution in [2.75, 3.05) is 0 Å². The van der Waals surface area contributed by atoms with E-state index in [9.17, 15) is 9.59 Å². The lowest BCUT2D eigenvalue weighted by Gasteiger charge is -2.00. The molecule has 0 unspecified atom stereocenters. The van der Waals surface area contributed by atoms with E-state index >= 15 is 0 Å². The monoisotopic (exact) mass is 130 g/mol. The summed E-state index contributed by atoms with van der Waals surface area (Å²) in [5.74, 6) is -1.35. The molecule has 2 amide bonds. The molecule has 1 atom stereocenters. The molecule has 0 aliphatic carbocycles. The second-order valence-corrected chi connectivity index (χ2v) is 1.85. The van der Waals surface area contributed by atoms with E-state index in [0.717, 1.165) is 0 Å². The van der Waals surface area contributed by atoms with Crippen LogP contribution in [0.4, 0.5) is 0 Å². The molecular weight excluding hydrogens is 124 g/mol. The zero-order valence-corrected chi connectivity index (χ0v) is 4.57. The number of rotatable bonds is 0. The number of nitrogens with two attached hydrogens (primary N) is 1. The first kappa shape index (κ1) is 6.18. The number of hydrogen-bond donors (Lipinski definition) is 2. The van der Waals surface area contributed by atoms with Gasteiger partial charge >= 0.3 is 0 Å². The fraction of sp³-hybridized carbons (Fsp3) is 0.500. The molecule has 0 aromatic carbocycles. The SMILES string of the molecule is N[C@H]1CC(=O)N(O)C1=O. The third-order valence-electron chi connectivity index (χ3n) is 1.16. The molecule has 5 nitrogen and oxygen atoms in total. The van der Waals surface area contributed by atoms with Crippen molar-refractivity contribution in [1.82, 2.24) is 5.06 Å². The fourth-order valence-corrected chi connectivity index (χ4v) is 0.642. The number of carbonyl (C=O) groups excluding carboxylic acids is 2. The van der Waals surface area contributed by atoms with Gasteiger partial charge in [-0.3, -0.25) is 14.8 Å².